The van der Waals surface area contributed by atoms with Crippen LogP contribution < -0.4 is 0 Å². The summed E-state index contributed by atoms with van der Waals surface area (Å²) >= 11 is 6.57. The molecule has 0 aliphatic heterocycles. The Hall–Kier alpha value is -1.80. The van der Waals surface area contributed by atoms with E-state index in [9.17, 15) is 10.1 Å². The zero-order valence-corrected chi connectivity index (χ0v) is 13.0. The largest absolute Gasteiger partial charge is 0.281 e. The third kappa shape index (κ3) is 2.32. The van der Waals surface area contributed by atoms with Gasteiger partial charge in [-0.2, -0.15) is 0 Å². The summed E-state index contributed by atoms with van der Waals surface area (Å²) in [7, 11) is 0. The normalized spacial score (nSPS) is 10.9. The van der Waals surface area contributed by atoms with Gasteiger partial charge >= 0.3 is 0 Å². The molecule has 0 amide bonds. The van der Waals surface area contributed by atoms with Gasteiger partial charge in [-0.05, 0) is 40.2 Å². The summed E-state index contributed by atoms with van der Waals surface area (Å²) in [5.74, 6) is 0.322. The molecular weight excluding hydrogens is 392 g/mol. The Morgan fingerprint density at radius 3 is 2.65 bits per heavy atom. The zero-order valence-electron chi connectivity index (χ0n) is 9.83. The number of nitrogens with zero attached hydrogens (tertiary/aromatic N) is 4. The molecular formula is C12H6Br2N4O2. The van der Waals surface area contributed by atoms with Crippen molar-refractivity contribution in [3.05, 3.63) is 55.6 Å². The van der Waals surface area contributed by atoms with Crippen LogP contribution in [0.25, 0.3) is 17.0 Å². The smallest absolute Gasteiger partial charge is 0.258 e. The third-order valence-corrected chi connectivity index (χ3v) is 3.65. The summed E-state index contributed by atoms with van der Waals surface area (Å²) in [4.78, 5) is 15.0. The molecule has 2 aromatic heterocycles. The fourth-order valence-electron chi connectivity index (χ4n) is 1.82. The molecule has 8 heteroatoms. The second kappa shape index (κ2) is 4.95. The van der Waals surface area contributed by atoms with Crippen LogP contribution >= 0.6 is 31.9 Å². The maximum absolute atomic E-state index is 11.1. The van der Waals surface area contributed by atoms with E-state index in [1.165, 1.54) is 6.07 Å². The number of benzene rings is 1. The number of nitro benzene ring substituents is 1. The molecule has 3 rings (SSSR count). The highest BCUT2D eigenvalue weighted by molar-refractivity contribution is 9.10. The van der Waals surface area contributed by atoms with Gasteiger partial charge in [-0.3, -0.25) is 10.1 Å². The van der Waals surface area contributed by atoms with Gasteiger partial charge in [0, 0.05) is 21.2 Å². The highest BCUT2D eigenvalue weighted by Crippen LogP contribution is 2.30. The first-order valence-corrected chi connectivity index (χ1v) is 7.09. The lowest BCUT2D eigenvalue weighted by Gasteiger charge is -1.98. The van der Waals surface area contributed by atoms with E-state index in [2.05, 4.69) is 41.9 Å². The van der Waals surface area contributed by atoms with E-state index < -0.39 is 4.92 Å². The Balaban J connectivity index is 2.22. The monoisotopic (exact) mass is 396 g/mol. The molecule has 0 spiro atoms. The molecule has 0 atom stereocenters. The minimum Gasteiger partial charge on any atom is -0.258 e. The van der Waals surface area contributed by atoms with E-state index in [1.54, 1.807) is 28.9 Å². The minimum atomic E-state index is -0.443. The molecule has 0 radical (unpaired) electrons. The topological polar surface area (TPSA) is 73.3 Å². The number of pyridine rings is 1. The average Bonchev–Trinajstić information content (AvgIpc) is 2.81. The van der Waals surface area contributed by atoms with E-state index in [4.69, 9.17) is 0 Å². The summed E-state index contributed by atoms with van der Waals surface area (Å²) in [5, 5.41) is 15.4. The number of fused-ring (bicyclic) bond motifs is 1. The predicted molar refractivity (Wildman–Crippen MR) is 80.5 cm³/mol. The van der Waals surface area contributed by atoms with Crippen molar-refractivity contribution in [1.82, 2.24) is 14.6 Å². The average molecular weight is 398 g/mol. The van der Waals surface area contributed by atoms with Crippen molar-refractivity contribution in [1.29, 1.82) is 0 Å². The van der Waals surface area contributed by atoms with Crippen LogP contribution in [0, 0.1) is 10.1 Å². The van der Waals surface area contributed by atoms with Crippen molar-refractivity contribution in [3.8, 4) is 11.4 Å². The second-order valence-electron chi connectivity index (χ2n) is 4.00. The molecule has 0 N–H and O–H groups in total. The highest BCUT2D eigenvalue weighted by atomic mass is 79.9. The minimum absolute atomic E-state index is 0.0330. The molecule has 0 fully saturated rings. The van der Waals surface area contributed by atoms with Crippen LogP contribution in [-0.2, 0) is 0 Å². The molecule has 0 unspecified atom stereocenters. The molecule has 2 heterocycles. The summed E-state index contributed by atoms with van der Waals surface area (Å²) in [5.41, 5.74) is 0.979. The van der Waals surface area contributed by atoms with Crippen molar-refractivity contribution in [2.24, 2.45) is 0 Å². The first kappa shape index (κ1) is 13.2. The Labute approximate surface area is 129 Å². The first-order valence-electron chi connectivity index (χ1n) is 5.51. The van der Waals surface area contributed by atoms with E-state index in [0.717, 1.165) is 4.47 Å². The maximum Gasteiger partial charge on any atom is 0.281 e. The molecule has 0 aliphatic carbocycles. The lowest BCUT2D eigenvalue weighted by Crippen LogP contribution is -1.93. The summed E-state index contributed by atoms with van der Waals surface area (Å²) < 4.78 is 3.07. The van der Waals surface area contributed by atoms with Crippen molar-refractivity contribution in [2.45, 2.75) is 0 Å². The first-order chi connectivity index (χ1) is 9.54. The van der Waals surface area contributed by atoms with Gasteiger partial charge in [-0.25, -0.2) is 9.50 Å². The lowest BCUT2D eigenvalue weighted by molar-refractivity contribution is -0.384. The van der Waals surface area contributed by atoms with Crippen molar-refractivity contribution < 1.29 is 4.92 Å². The Morgan fingerprint density at radius 1 is 1.15 bits per heavy atom. The molecule has 0 saturated carbocycles. The van der Waals surface area contributed by atoms with Gasteiger partial charge in [0.25, 0.3) is 5.69 Å². The van der Waals surface area contributed by atoms with Crippen molar-refractivity contribution >= 4 is 43.2 Å². The predicted octanol–water partition coefficient (Wildman–Crippen LogP) is 3.83. The molecule has 0 bridgehead atoms. The Morgan fingerprint density at radius 2 is 1.90 bits per heavy atom. The van der Waals surface area contributed by atoms with E-state index in [1.807, 2.05) is 6.07 Å². The number of aromatic nitrogens is 3. The van der Waals surface area contributed by atoms with Crippen LogP contribution in [0.4, 0.5) is 5.69 Å². The quantitative estimate of drug-likeness (QED) is 0.486. The van der Waals surface area contributed by atoms with Gasteiger partial charge in [0.1, 0.15) is 0 Å². The zero-order chi connectivity index (χ0) is 14.3. The summed E-state index contributed by atoms with van der Waals surface area (Å²) in [6.45, 7) is 0. The van der Waals surface area contributed by atoms with Crippen LogP contribution in [0.15, 0.2) is 45.5 Å². The third-order valence-electron chi connectivity index (χ3n) is 2.69. The summed E-state index contributed by atoms with van der Waals surface area (Å²) in [6, 6.07) is 8.42. The highest BCUT2D eigenvalue weighted by Gasteiger charge is 2.19. The number of hydrogen-bond acceptors (Lipinski definition) is 4. The van der Waals surface area contributed by atoms with Gasteiger partial charge in [0.2, 0.25) is 0 Å². The van der Waals surface area contributed by atoms with Gasteiger partial charge in [-0.15, -0.1) is 5.10 Å². The maximum atomic E-state index is 11.1. The van der Waals surface area contributed by atoms with E-state index in [-0.39, 0.29) is 5.69 Å². The number of nitro groups is 1. The fraction of sp³-hybridized carbons (Fsp3) is 0. The molecule has 1 aromatic carbocycles. The van der Waals surface area contributed by atoms with Crippen molar-refractivity contribution in [3.63, 3.8) is 0 Å². The second-order valence-corrected chi connectivity index (χ2v) is 5.84. The molecule has 3 aromatic rings. The van der Waals surface area contributed by atoms with Crippen LogP contribution in [0.5, 0.6) is 0 Å². The van der Waals surface area contributed by atoms with Crippen LogP contribution in [0.3, 0.4) is 0 Å². The number of halogens is 2. The van der Waals surface area contributed by atoms with Gasteiger partial charge in [-0.1, -0.05) is 15.9 Å². The number of hydrogen-bond donors (Lipinski definition) is 0. The molecule has 0 saturated heterocycles. The molecule has 20 heavy (non-hydrogen) atoms. The standard InChI is InChI=1S/C12H6Br2N4O2/c13-7-1-3-9(10(5-7)18(19)20)12-15-11-4-2-8(14)6-17(11)16-12/h1-6H. The van der Waals surface area contributed by atoms with Crippen molar-refractivity contribution in [2.75, 3.05) is 0 Å². The molecule has 6 nitrogen and oxygen atoms in total. The van der Waals surface area contributed by atoms with Crippen LogP contribution in [0.1, 0.15) is 0 Å². The number of rotatable bonds is 2. The molecule has 100 valence electrons. The Bertz CT molecular complexity index is 831. The van der Waals surface area contributed by atoms with Gasteiger partial charge in [0.15, 0.2) is 11.5 Å². The van der Waals surface area contributed by atoms with Gasteiger partial charge in [0.05, 0.1) is 10.5 Å². The SMILES string of the molecule is O=[N+]([O-])c1cc(Br)ccc1-c1nc2ccc(Br)cn2n1. The van der Waals surface area contributed by atoms with Gasteiger partial charge < -0.3 is 0 Å². The van der Waals surface area contributed by atoms with Crippen LogP contribution in [0.2, 0.25) is 0 Å². The Kier molecular flexibility index (Phi) is 3.27. The van der Waals surface area contributed by atoms with E-state index in [0.29, 0.717) is 21.5 Å². The summed E-state index contributed by atoms with van der Waals surface area (Å²) in [6.07, 6.45) is 1.75. The lowest BCUT2D eigenvalue weighted by atomic mass is 10.2. The fourth-order valence-corrected chi connectivity index (χ4v) is 2.49. The molecule has 0 aliphatic rings. The van der Waals surface area contributed by atoms with E-state index >= 15 is 0 Å². The van der Waals surface area contributed by atoms with Crippen LogP contribution in [-0.4, -0.2) is 19.5 Å².